The molecule has 1 amide bonds. The molecule has 2 aromatic rings. The number of carbonyl (C=O) groups excluding carboxylic acids is 2. The van der Waals surface area contributed by atoms with Gasteiger partial charge in [0.1, 0.15) is 0 Å². The van der Waals surface area contributed by atoms with Crippen molar-refractivity contribution in [2.75, 3.05) is 18.5 Å². The van der Waals surface area contributed by atoms with Crippen LogP contribution in [0.5, 0.6) is 0 Å². The number of hydrogen-bond acceptors (Lipinski definition) is 6. The van der Waals surface area contributed by atoms with Crippen molar-refractivity contribution in [2.24, 2.45) is 16.8 Å². The zero-order chi connectivity index (χ0) is 22.2. The number of aromatic nitrogens is 2. The minimum atomic E-state index is -0.0719. The molecule has 1 aliphatic carbocycles. The normalized spacial score (nSPS) is 18.7. The molecule has 1 fully saturated rings. The fourth-order valence-electron chi connectivity index (χ4n) is 3.85. The lowest BCUT2D eigenvalue weighted by molar-refractivity contribution is -0.149. The summed E-state index contributed by atoms with van der Waals surface area (Å²) in [5.41, 5.74) is 3.83. The van der Waals surface area contributed by atoms with Gasteiger partial charge in [-0.25, -0.2) is 9.97 Å². The monoisotopic (exact) mass is 442 g/mol. The number of aliphatic imine (C=N–C) groups is 1. The number of ether oxygens (including phenoxy) is 1. The smallest absolute Gasteiger partial charge is 0.308 e. The maximum Gasteiger partial charge on any atom is 0.308 e. The number of carbonyl (C=O) groups is 2. The number of rotatable bonds is 8. The van der Waals surface area contributed by atoms with Crippen molar-refractivity contribution in [2.45, 2.75) is 39.5 Å². The molecule has 1 aliphatic rings. The second-order valence-corrected chi connectivity index (χ2v) is 7.98. The first-order valence-corrected chi connectivity index (χ1v) is 10.9. The summed E-state index contributed by atoms with van der Waals surface area (Å²) in [7, 11) is 0. The Bertz CT molecular complexity index is 939. The number of aryl methyl sites for hydroxylation is 1. The lowest BCUT2D eigenvalue weighted by Gasteiger charge is -2.26. The van der Waals surface area contributed by atoms with Crippen LogP contribution in [0.2, 0.25) is 5.28 Å². The average molecular weight is 443 g/mol. The molecule has 31 heavy (non-hydrogen) atoms. The Morgan fingerprint density at radius 3 is 2.58 bits per heavy atom. The molecule has 0 spiro atoms. The highest BCUT2D eigenvalue weighted by Crippen LogP contribution is 2.30. The summed E-state index contributed by atoms with van der Waals surface area (Å²) in [6, 6.07) is 7.35. The fraction of sp³-hybridized carbons (Fsp3) is 0.435. The molecule has 1 aromatic heterocycles. The molecule has 1 aromatic carbocycles. The Balaban J connectivity index is 1.69. The van der Waals surface area contributed by atoms with Gasteiger partial charge in [0.05, 0.1) is 23.9 Å². The number of esters is 1. The van der Waals surface area contributed by atoms with E-state index < -0.39 is 0 Å². The summed E-state index contributed by atoms with van der Waals surface area (Å²) in [5.74, 6) is 0.403. The minimum absolute atomic E-state index is 0.0235. The van der Waals surface area contributed by atoms with Crippen molar-refractivity contribution < 1.29 is 14.3 Å². The molecule has 3 rings (SSSR count). The summed E-state index contributed by atoms with van der Waals surface area (Å²) < 4.78 is 5.14. The number of anilines is 1. The van der Waals surface area contributed by atoms with Crippen LogP contribution in [0, 0.1) is 18.8 Å². The summed E-state index contributed by atoms with van der Waals surface area (Å²) >= 11 is 6.11. The van der Waals surface area contributed by atoms with Crippen LogP contribution in [0.1, 0.15) is 43.9 Å². The van der Waals surface area contributed by atoms with Gasteiger partial charge in [0.15, 0.2) is 0 Å². The van der Waals surface area contributed by atoms with Crippen molar-refractivity contribution in [3.8, 4) is 11.3 Å². The van der Waals surface area contributed by atoms with Crippen molar-refractivity contribution in [3.63, 3.8) is 0 Å². The molecule has 0 unspecified atom stereocenters. The molecule has 1 heterocycles. The molecule has 0 bridgehead atoms. The number of nitrogens with one attached hydrogen (secondary N) is 1. The van der Waals surface area contributed by atoms with Crippen molar-refractivity contribution in [1.82, 2.24) is 9.97 Å². The van der Waals surface area contributed by atoms with E-state index in [0.29, 0.717) is 36.9 Å². The van der Waals surface area contributed by atoms with Gasteiger partial charge in [0, 0.05) is 29.6 Å². The lowest BCUT2D eigenvalue weighted by atomic mass is 9.82. The van der Waals surface area contributed by atoms with Gasteiger partial charge in [-0.05, 0) is 69.2 Å². The predicted octanol–water partition coefficient (Wildman–Crippen LogP) is 4.46. The second-order valence-electron chi connectivity index (χ2n) is 7.64. The van der Waals surface area contributed by atoms with Crippen LogP contribution < -0.4 is 5.32 Å². The van der Waals surface area contributed by atoms with Crippen molar-refractivity contribution in [3.05, 3.63) is 40.8 Å². The largest absolute Gasteiger partial charge is 0.466 e. The van der Waals surface area contributed by atoms with Gasteiger partial charge in [0.2, 0.25) is 11.7 Å². The number of halogens is 1. The zero-order valence-electron chi connectivity index (χ0n) is 17.8. The average Bonchev–Trinajstić information content (AvgIpc) is 2.76. The van der Waals surface area contributed by atoms with Crippen LogP contribution in [-0.4, -0.2) is 41.7 Å². The fourth-order valence-corrected chi connectivity index (χ4v) is 4.06. The predicted molar refractivity (Wildman–Crippen MR) is 121 cm³/mol. The van der Waals surface area contributed by atoms with Gasteiger partial charge in [0.25, 0.3) is 0 Å². The highest BCUT2D eigenvalue weighted by atomic mass is 35.5. The van der Waals surface area contributed by atoms with Gasteiger partial charge in [-0.1, -0.05) is 12.1 Å². The standard InChI is InChI=1S/C23H27ClN4O3/c1-3-31-22(30)18-6-4-16(5-7-18)12-25-13-20-15(2)27-23(24)28-21(20)17-8-10-19(11-9-17)26-14-29/h8-11,13-14,16,18H,3-7,12H2,1-2H3,(H,26,29). The van der Waals surface area contributed by atoms with Gasteiger partial charge >= 0.3 is 5.97 Å². The van der Waals surface area contributed by atoms with E-state index in [1.54, 1.807) is 12.1 Å². The van der Waals surface area contributed by atoms with E-state index in [2.05, 4.69) is 20.3 Å². The molecule has 1 N–H and O–H groups in total. The van der Waals surface area contributed by atoms with E-state index in [1.807, 2.05) is 32.2 Å². The molecule has 1 saturated carbocycles. The Kier molecular flexibility index (Phi) is 8.12. The van der Waals surface area contributed by atoms with Crippen LogP contribution >= 0.6 is 11.6 Å². The zero-order valence-corrected chi connectivity index (χ0v) is 18.6. The van der Waals surface area contributed by atoms with Crippen molar-refractivity contribution >= 4 is 35.9 Å². The van der Waals surface area contributed by atoms with Crippen LogP contribution in [0.4, 0.5) is 5.69 Å². The molecule has 0 aliphatic heterocycles. The number of benzene rings is 1. The molecule has 0 radical (unpaired) electrons. The van der Waals surface area contributed by atoms with E-state index in [9.17, 15) is 9.59 Å². The van der Waals surface area contributed by atoms with E-state index in [1.165, 1.54) is 0 Å². The number of amides is 1. The van der Waals surface area contributed by atoms with E-state index in [0.717, 1.165) is 42.5 Å². The van der Waals surface area contributed by atoms with E-state index in [4.69, 9.17) is 16.3 Å². The van der Waals surface area contributed by atoms with Crippen LogP contribution in [0.15, 0.2) is 29.3 Å². The molecular weight excluding hydrogens is 416 g/mol. The molecular formula is C23H27ClN4O3. The quantitative estimate of drug-likeness (QED) is 0.282. The molecule has 0 saturated heterocycles. The lowest BCUT2D eigenvalue weighted by Crippen LogP contribution is -2.24. The van der Waals surface area contributed by atoms with Gasteiger partial charge in [-0.15, -0.1) is 0 Å². The van der Waals surface area contributed by atoms with Gasteiger partial charge in [-0.3, -0.25) is 14.6 Å². The van der Waals surface area contributed by atoms with Crippen LogP contribution in [-0.2, 0) is 14.3 Å². The third-order valence-corrected chi connectivity index (χ3v) is 5.71. The van der Waals surface area contributed by atoms with E-state index >= 15 is 0 Å². The molecule has 7 nitrogen and oxygen atoms in total. The molecule has 0 atom stereocenters. The molecule has 164 valence electrons. The Labute approximate surface area is 187 Å². The Morgan fingerprint density at radius 1 is 1.23 bits per heavy atom. The maximum atomic E-state index is 11.9. The maximum absolute atomic E-state index is 11.9. The van der Waals surface area contributed by atoms with Gasteiger partial charge < -0.3 is 10.1 Å². The Hall–Kier alpha value is -2.80. The summed E-state index contributed by atoms with van der Waals surface area (Å²) in [6.07, 6.45) is 6.10. The third-order valence-electron chi connectivity index (χ3n) is 5.54. The van der Waals surface area contributed by atoms with E-state index in [-0.39, 0.29) is 17.2 Å². The summed E-state index contributed by atoms with van der Waals surface area (Å²) in [6.45, 7) is 4.85. The summed E-state index contributed by atoms with van der Waals surface area (Å²) in [5, 5.41) is 2.79. The SMILES string of the molecule is CCOC(=O)C1CCC(CN=Cc2c(C)nc(Cl)nc2-c2ccc(NC=O)cc2)CC1. The number of nitrogens with zero attached hydrogens (tertiary/aromatic N) is 3. The van der Waals surface area contributed by atoms with Crippen LogP contribution in [0.3, 0.4) is 0 Å². The summed E-state index contributed by atoms with van der Waals surface area (Å²) in [4.78, 5) is 35.9. The van der Waals surface area contributed by atoms with Gasteiger partial charge in [-0.2, -0.15) is 0 Å². The van der Waals surface area contributed by atoms with Crippen LogP contribution in [0.25, 0.3) is 11.3 Å². The first-order chi connectivity index (χ1) is 15.0. The first-order valence-electron chi connectivity index (χ1n) is 10.5. The topological polar surface area (TPSA) is 93.5 Å². The van der Waals surface area contributed by atoms with Crippen molar-refractivity contribution in [1.29, 1.82) is 0 Å². The third kappa shape index (κ3) is 6.10. The Morgan fingerprint density at radius 2 is 1.94 bits per heavy atom. The second kappa shape index (κ2) is 11.0. The molecule has 8 heteroatoms. The minimum Gasteiger partial charge on any atom is -0.466 e. The highest BCUT2D eigenvalue weighted by molar-refractivity contribution is 6.28. The highest BCUT2D eigenvalue weighted by Gasteiger charge is 2.26. The first kappa shape index (κ1) is 22.9. The number of hydrogen-bond donors (Lipinski definition) is 1.